The Hall–Kier alpha value is -2.40. The van der Waals surface area contributed by atoms with E-state index in [2.05, 4.69) is 63.5 Å². The smallest absolute Gasteiger partial charge is 0.0651 e. The molecular weight excluding hydrogens is 310 g/mol. The van der Waals surface area contributed by atoms with Crippen molar-refractivity contribution in [3.8, 4) is 5.69 Å². The zero-order valence-electron chi connectivity index (χ0n) is 14.9. The van der Waals surface area contributed by atoms with Crippen LogP contribution in [0.4, 0.5) is 0 Å². The second-order valence-corrected chi connectivity index (χ2v) is 7.10. The molecule has 0 amide bonds. The zero-order valence-corrected chi connectivity index (χ0v) is 14.9. The Bertz CT molecular complexity index is 834. The molecule has 0 bridgehead atoms. The van der Waals surface area contributed by atoms with Crippen molar-refractivity contribution in [2.45, 2.75) is 39.2 Å². The number of hydrogen-bond donors (Lipinski definition) is 1. The summed E-state index contributed by atoms with van der Waals surface area (Å²) in [6.45, 7) is 7.38. The molecular formula is C20H25N5. The summed E-state index contributed by atoms with van der Waals surface area (Å²) in [5, 5.41) is 11.9. The van der Waals surface area contributed by atoms with Gasteiger partial charge in [-0.2, -0.15) is 10.2 Å². The van der Waals surface area contributed by atoms with Crippen LogP contribution in [0.1, 0.15) is 41.4 Å². The topological polar surface area (TPSA) is 49.7 Å². The molecule has 1 N–H and O–H groups in total. The number of nitrogens with one attached hydrogen (secondary N) is 1. The summed E-state index contributed by atoms with van der Waals surface area (Å²) < 4.78 is 2.03. The van der Waals surface area contributed by atoms with Crippen molar-refractivity contribution in [2.24, 2.45) is 0 Å². The number of aromatic amines is 1. The van der Waals surface area contributed by atoms with Crippen molar-refractivity contribution in [1.29, 1.82) is 0 Å². The van der Waals surface area contributed by atoms with E-state index in [1.807, 2.05) is 17.8 Å². The molecule has 1 aliphatic rings. The number of benzene rings is 1. The molecule has 3 heterocycles. The molecule has 1 saturated heterocycles. The number of piperidine rings is 1. The van der Waals surface area contributed by atoms with Crippen LogP contribution >= 0.6 is 0 Å². The fourth-order valence-electron chi connectivity index (χ4n) is 3.88. The number of rotatable bonds is 4. The zero-order chi connectivity index (χ0) is 17.2. The van der Waals surface area contributed by atoms with E-state index in [0.717, 1.165) is 31.0 Å². The van der Waals surface area contributed by atoms with Gasteiger partial charge in [0.1, 0.15) is 0 Å². The number of aromatic nitrogens is 4. The van der Waals surface area contributed by atoms with Crippen LogP contribution in [0.25, 0.3) is 5.69 Å². The largest absolute Gasteiger partial charge is 0.298 e. The second kappa shape index (κ2) is 6.84. The number of hydrogen-bond acceptors (Lipinski definition) is 3. The first-order valence-corrected chi connectivity index (χ1v) is 9.03. The van der Waals surface area contributed by atoms with Gasteiger partial charge in [-0.1, -0.05) is 12.1 Å². The minimum absolute atomic E-state index is 0.565. The normalized spacial score (nSPS) is 18.6. The maximum Gasteiger partial charge on any atom is 0.0651 e. The number of aryl methyl sites for hydroxylation is 2. The van der Waals surface area contributed by atoms with Crippen LogP contribution < -0.4 is 0 Å². The Morgan fingerprint density at radius 3 is 2.88 bits per heavy atom. The lowest BCUT2D eigenvalue weighted by Gasteiger charge is -2.32. The molecule has 0 saturated carbocycles. The van der Waals surface area contributed by atoms with E-state index in [1.54, 1.807) is 0 Å². The van der Waals surface area contributed by atoms with Gasteiger partial charge >= 0.3 is 0 Å². The lowest BCUT2D eigenvalue weighted by molar-refractivity contribution is 0.198. The van der Waals surface area contributed by atoms with E-state index in [4.69, 9.17) is 0 Å². The molecule has 0 aliphatic carbocycles. The lowest BCUT2D eigenvalue weighted by Crippen LogP contribution is -2.34. The van der Waals surface area contributed by atoms with Gasteiger partial charge in [0.05, 0.1) is 11.4 Å². The van der Waals surface area contributed by atoms with E-state index >= 15 is 0 Å². The summed E-state index contributed by atoms with van der Waals surface area (Å²) in [5.41, 5.74) is 5.98. The van der Waals surface area contributed by atoms with Crippen molar-refractivity contribution >= 4 is 0 Å². The summed E-state index contributed by atoms with van der Waals surface area (Å²) in [6, 6.07) is 13.0. The summed E-state index contributed by atoms with van der Waals surface area (Å²) in [4.78, 5) is 2.55. The van der Waals surface area contributed by atoms with Crippen LogP contribution in [-0.4, -0.2) is 38.0 Å². The van der Waals surface area contributed by atoms with Gasteiger partial charge < -0.3 is 0 Å². The Morgan fingerprint density at radius 2 is 2.12 bits per heavy atom. The summed E-state index contributed by atoms with van der Waals surface area (Å²) in [7, 11) is 0. The van der Waals surface area contributed by atoms with Gasteiger partial charge in [0.15, 0.2) is 0 Å². The molecule has 1 aliphatic heterocycles. The van der Waals surface area contributed by atoms with E-state index in [9.17, 15) is 0 Å². The predicted molar refractivity (Wildman–Crippen MR) is 98.9 cm³/mol. The van der Waals surface area contributed by atoms with Gasteiger partial charge in [0.2, 0.25) is 0 Å². The molecule has 0 spiro atoms. The highest BCUT2D eigenvalue weighted by Gasteiger charge is 2.22. The standard InChI is InChI=1S/C20H25N5/c1-15-11-16(2)25(23-15)19-7-3-5-17(12-19)13-24-10-4-6-18(14-24)20-8-9-21-22-20/h3,5,7-9,11-12,18H,4,6,10,13-14H2,1-2H3,(H,21,22)/t18-/m0/s1. The van der Waals surface area contributed by atoms with Crippen molar-refractivity contribution in [3.63, 3.8) is 0 Å². The van der Waals surface area contributed by atoms with Gasteiger partial charge in [-0.25, -0.2) is 4.68 Å². The third-order valence-corrected chi connectivity index (χ3v) is 5.04. The highest BCUT2D eigenvalue weighted by molar-refractivity contribution is 5.37. The second-order valence-electron chi connectivity index (χ2n) is 7.10. The molecule has 2 aromatic heterocycles. The monoisotopic (exact) mass is 335 g/mol. The quantitative estimate of drug-likeness (QED) is 0.793. The summed E-state index contributed by atoms with van der Waals surface area (Å²) in [6.07, 6.45) is 4.33. The van der Waals surface area contributed by atoms with E-state index in [-0.39, 0.29) is 0 Å². The van der Waals surface area contributed by atoms with Crippen molar-refractivity contribution in [3.05, 3.63) is 65.2 Å². The van der Waals surface area contributed by atoms with Crippen LogP contribution in [-0.2, 0) is 6.54 Å². The average molecular weight is 335 g/mol. The maximum atomic E-state index is 4.61. The number of likely N-dealkylation sites (tertiary alicyclic amines) is 1. The molecule has 130 valence electrons. The fraction of sp³-hybridized carbons (Fsp3) is 0.400. The number of nitrogens with zero attached hydrogens (tertiary/aromatic N) is 4. The van der Waals surface area contributed by atoms with Crippen molar-refractivity contribution in [1.82, 2.24) is 24.9 Å². The van der Waals surface area contributed by atoms with Crippen LogP contribution in [0.2, 0.25) is 0 Å². The van der Waals surface area contributed by atoms with Gasteiger partial charge in [0.25, 0.3) is 0 Å². The van der Waals surface area contributed by atoms with Gasteiger partial charge in [-0.3, -0.25) is 10.00 Å². The first-order chi connectivity index (χ1) is 12.2. The molecule has 4 rings (SSSR count). The van der Waals surface area contributed by atoms with Crippen molar-refractivity contribution in [2.75, 3.05) is 13.1 Å². The highest BCUT2D eigenvalue weighted by Crippen LogP contribution is 2.26. The average Bonchev–Trinajstić information content (AvgIpc) is 3.25. The van der Waals surface area contributed by atoms with Crippen LogP contribution in [0.3, 0.4) is 0 Å². The third kappa shape index (κ3) is 3.51. The Morgan fingerprint density at radius 1 is 1.20 bits per heavy atom. The Kier molecular flexibility index (Phi) is 4.40. The van der Waals surface area contributed by atoms with E-state index in [1.165, 1.54) is 29.8 Å². The number of H-pyrrole nitrogens is 1. The molecule has 0 radical (unpaired) electrons. The van der Waals surface area contributed by atoms with E-state index < -0.39 is 0 Å². The third-order valence-electron chi connectivity index (χ3n) is 5.04. The molecule has 3 aromatic rings. The Balaban J connectivity index is 1.49. The maximum absolute atomic E-state index is 4.61. The first kappa shape index (κ1) is 16.1. The lowest BCUT2D eigenvalue weighted by atomic mass is 9.94. The fourth-order valence-corrected chi connectivity index (χ4v) is 3.88. The Labute approximate surface area is 148 Å². The summed E-state index contributed by atoms with van der Waals surface area (Å²) in [5.74, 6) is 0.565. The van der Waals surface area contributed by atoms with Crippen LogP contribution in [0, 0.1) is 13.8 Å². The van der Waals surface area contributed by atoms with Gasteiger partial charge in [0, 0.05) is 36.6 Å². The van der Waals surface area contributed by atoms with Crippen LogP contribution in [0.15, 0.2) is 42.6 Å². The predicted octanol–water partition coefficient (Wildman–Crippen LogP) is 3.59. The molecule has 1 atom stereocenters. The van der Waals surface area contributed by atoms with Gasteiger partial charge in [-0.15, -0.1) is 0 Å². The molecule has 1 aromatic carbocycles. The SMILES string of the molecule is Cc1cc(C)n(-c2cccc(CN3CCC[C@H](c4ccn[nH]4)C3)c2)n1. The van der Waals surface area contributed by atoms with E-state index in [0.29, 0.717) is 5.92 Å². The minimum Gasteiger partial charge on any atom is -0.298 e. The minimum atomic E-state index is 0.565. The van der Waals surface area contributed by atoms with Crippen LogP contribution in [0.5, 0.6) is 0 Å². The molecule has 0 unspecified atom stereocenters. The highest BCUT2D eigenvalue weighted by atomic mass is 15.3. The molecule has 1 fully saturated rings. The molecule has 5 nitrogen and oxygen atoms in total. The molecule has 5 heteroatoms. The summed E-state index contributed by atoms with van der Waals surface area (Å²) >= 11 is 0. The van der Waals surface area contributed by atoms with Crippen molar-refractivity contribution < 1.29 is 0 Å². The molecule has 25 heavy (non-hydrogen) atoms. The first-order valence-electron chi connectivity index (χ1n) is 9.03. The van der Waals surface area contributed by atoms with Gasteiger partial charge in [-0.05, 0) is 63.1 Å².